The molecule has 3 aromatic carbocycles. The van der Waals surface area contributed by atoms with E-state index in [4.69, 9.17) is 9.47 Å². The monoisotopic (exact) mass is 422 g/mol. The Morgan fingerprint density at radius 1 is 0.871 bits per heavy atom. The third kappa shape index (κ3) is 2.25. The van der Waals surface area contributed by atoms with Crippen LogP contribution in [0.2, 0.25) is 0 Å². The number of benzene rings is 3. The molecule has 0 fully saturated rings. The van der Waals surface area contributed by atoms with E-state index in [0.717, 1.165) is 6.07 Å². The molecule has 0 aromatic heterocycles. The molecule has 0 unspecified atom stereocenters. The van der Waals surface area contributed by atoms with Gasteiger partial charge in [0, 0.05) is 23.3 Å². The molecule has 154 valence electrons. The minimum Gasteiger partial charge on any atom is -0.508 e. The van der Waals surface area contributed by atoms with Crippen LogP contribution in [0.15, 0.2) is 48.5 Å². The van der Waals surface area contributed by atoms with Gasteiger partial charge in [0.2, 0.25) is 11.4 Å². The first-order chi connectivity index (χ1) is 14.8. The van der Waals surface area contributed by atoms with Gasteiger partial charge in [-0.1, -0.05) is 18.2 Å². The van der Waals surface area contributed by atoms with Crippen molar-refractivity contribution in [2.45, 2.75) is 5.60 Å². The topological polar surface area (TPSA) is 162 Å². The Labute approximate surface area is 172 Å². The molecule has 5 rings (SSSR count). The van der Waals surface area contributed by atoms with Crippen molar-refractivity contribution in [3.05, 3.63) is 91.0 Å². The summed E-state index contributed by atoms with van der Waals surface area (Å²) in [6.07, 6.45) is 0. The summed E-state index contributed by atoms with van der Waals surface area (Å²) >= 11 is 0. The van der Waals surface area contributed by atoms with E-state index in [1.807, 2.05) is 0 Å². The number of aromatic hydroxyl groups is 2. The Kier molecular flexibility index (Phi) is 3.51. The van der Waals surface area contributed by atoms with Crippen molar-refractivity contribution in [2.75, 3.05) is 0 Å². The molecule has 11 nitrogen and oxygen atoms in total. The predicted octanol–water partition coefficient (Wildman–Crippen LogP) is 3.48. The van der Waals surface area contributed by atoms with Crippen molar-refractivity contribution in [3.8, 4) is 23.0 Å². The minimum absolute atomic E-state index is 0.000413. The molecular formula is C20H10N2O9. The second-order valence-corrected chi connectivity index (χ2v) is 6.88. The number of phenols is 2. The van der Waals surface area contributed by atoms with Gasteiger partial charge in [-0.25, -0.2) is 4.79 Å². The normalized spacial score (nSPS) is 17.9. The smallest absolute Gasteiger partial charge is 0.387 e. The summed E-state index contributed by atoms with van der Waals surface area (Å²) in [4.78, 5) is 34.2. The molecule has 11 heteroatoms. The molecule has 2 aliphatic heterocycles. The van der Waals surface area contributed by atoms with Gasteiger partial charge in [0.15, 0.2) is 0 Å². The Balaban J connectivity index is 2.01. The van der Waals surface area contributed by atoms with Crippen molar-refractivity contribution >= 4 is 17.3 Å². The molecule has 0 bridgehead atoms. The van der Waals surface area contributed by atoms with E-state index in [0.29, 0.717) is 0 Å². The SMILES string of the molecule is O=C1O[C@@]2(c3ccc(O)cc3Oc3cc(O)c([N+](=O)[O-])c([N+](=O)[O-])c32)c2ccccc21. The van der Waals surface area contributed by atoms with E-state index in [-0.39, 0.29) is 33.9 Å². The Bertz CT molecular complexity index is 1350. The van der Waals surface area contributed by atoms with E-state index in [2.05, 4.69) is 0 Å². The Hall–Kier alpha value is -4.67. The Morgan fingerprint density at radius 2 is 1.58 bits per heavy atom. The highest BCUT2D eigenvalue weighted by atomic mass is 16.6. The molecule has 0 amide bonds. The fourth-order valence-electron chi connectivity index (χ4n) is 4.14. The number of ether oxygens (including phenoxy) is 2. The largest absolute Gasteiger partial charge is 0.508 e. The van der Waals surface area contributed by atoms with E-state index in [9.17, 15) is 35.2 Å². The lowest BCUT2D eigenvalue weighted by Crippen LogP contribution is -2.34. The zero-order valence-electron chi connectivity index (χ0n) is 15.3. The van der Waals surface area contributed by atoms with E-state index in [1.165, 1.54) is 30.3 Å². The maximum absolute atomic E-state index is 12.7. The van der Waals surface area contributed by atoms with Crippen LogP contribution in [-0.4, -0.2) is 26.0 Å². The molecule has 0 aliphatic carbocycles. The standard InChI is InChI=1S/C20H10N2O9/c23-9-5-6-12-14(7-9)30-15-8-13(24)17(21(26)27)18(22(28)29)16(15)20(12)11-4-2-1-3-10(11)19(25)31-20/h1-8,23-24H/t20-/m1/s1. The molecule has 0 saturated carbocycles. The number of esters is 1. The highest BCUT2D eigenvalue weighted by molar-refractivity contribution is 5.97. The second kappa shape index (κ2) is 5.92. The van der Waals surface area contributed by atoms with Gasteiger partial charge in [-0.2, -0.15) is 0 Å². The molecule has 0 radical (unpaired) electrons. The fourth-order valence-corrected chi connectivity index (χ4v) is 4.14. The number of nitro groups is 2. The van der Waals surface area contributed by atoms with E-state index < -0.39 is 44.1 Å². The van der Waals surface area contributed by atoms with E-state index >= 15 is 0 Å². The molecule has 31 heavy (non-hydrogen) atoms. The van der Waals surface area contributed by atoms with Crippen LogP contribution >= 0.6 is 0 Å². The highest BCUT2D eigenvalue weighted by Crippen LogP contribution is 2.61. The lowest BCUT2D eigenvalue weighted by atomic mass is 9.76. The van der Waals surface area contributed by atoms with Crippen LogP contribution in [0, 0.1) is 20.2 Å². The van der Waals surface area contributed by atoms with Crippen LogP contribution in [-0.2, 0) is 10.3 Å². The lowest BCUT2D eigenvalue weighted by Gasteiger charge is -2.35. The van der Waals surface area contributed by atoms with Crippen LogP contribution in [0.1, 0.15) is 27.0 Å². The summed E-state index contributed by atoms with van der Waals surface area (Å²) in [5, 5.41) is 43.7. The number of phenolic OH excluding ortho intramolecular Hbond substituents is 2. The molecule has 3 aromatic rings. The molecule has 2 aliphatic rings. The van der Waals surface area contributed by atoms with Gasteiger partial charge < -0.3 is 19.7 Å². The highest BCUT2D eigenvalue weighted by Gasteiger charge is 2.59. The summed E-state index contributed by atoms with van der Waals surface area (Å²) in [6, 6.07) is 10.8. The van der Waals surface area contributed by atoms with Gasteiger partial charge >= 0.3 is 17.3 Å². The maximum atomic E-state index is 12.7. The van der Waals surface area contributed by atoms with E-state index in [1.54, 1.807) is 12.1 Å². The molecular weight excluding hydrogens is 412 g/mol. The molecule has 1 atom stereocenters. The van der Waals surface area contributed by atoms with Crippen molar-refractivity contribution in [1.82, 2.24) is 0 Å². The van der Waals surface area contributed by atoms with Gasteiger partial charge in [0.25, 0.3) is 0 Å². The van der Waals surface area contributed by atoms with Crippen LogP contribution in [0.4, 0.5) is 11.4 Å². The molecule has 0 saturated heterocycles. The average Bonchev–Trinajstić information content (AvgIpc) is 3.00. The number of rotatable bonds is 2. The van der Waals surface area contributed by atoms with Crippen LogP contribution in [0.3, 0.4) is 0 Å². The number of hydrogen-bond donors (Lipinski definition) is 2. The molecule has 2 N–H and O–H groups in total. The van der Waals surface area contributed by atoms with Crippen LogP contribution < -0.4 is 4.74 Å². The minimum atomic E-state index is -1.97. The fraction of sp³-hybridized carbons (Fsp3) is 0.0500. The zero-order valence-corrected chi connectivity index (χ0v) is 15.3. The van der Waals surface area contributed by atoms with Gasteiger partial charge in [-0.15, -0.1) is 0 Å². The van der Waals surface area contributed by atoms with Gasteiger partial charge in [-0.05, 0) is 18.2 Å². The van der Waals surface area contributed by atoms with Gasteiger partial charge in [-0.3, -0.25) is 20.2 Å². The van der Waals surface area contributed by atoms with Crippen molar-refractivity contribution in [3.63, 3.8) is 0 Å². The van der Waals surface area contributed by atoms with Crippen molar-refractivity contribution in [1.29, 1.82) is 0 Å². The summed E-state index contributed by atoms with van der Waals surface area (Å²) in [5.41, 5.74) is -4.15. The number of hydrogen-bond acceptors (Lipinski definition) is 9. The predicted molar refractivity (Wildman–Crippen MR) is 101 cm³/mol. The van der Waals surface area contributed by atoms with Gasteiger partial charge in [0.05, 0.1) is 15.4 Å². The number of nitro benzene ring substituents is 2. The third-order valence-electron chi connectivity index (χ3n) is 5.27. The first kappa shape index (κ1) is 18.4. The maximum Gasteiger partial charge on any atom is 0.387 e. The number of nitrogens with zero attached hydrogens (tertiary/aromatic N) is 2. The number of carbonyl (C=O) groups excluding carboxylic acids is 1. The van der Waals surface area contributed by atoms with Crippen molar-refractivity contribution < 1.29 is 34.3 Å². The summed E-state index contributed by atoms with van der Waals surface area (Å²) < 4.78 is 11.4. The molecule has 1 spiro atoms. The quantitative estimate of drug-likeness (QED) is 0.357. The first-order valence-corrected chi connectivity index (χ1v) is 8.79. The Morgan fingerprint density at radius 3 is 2.29 bits per heavy atom. The average molecular weight is 422 g/mol. The zero-order chi connectivity index (χ0) is 22.1. The lowest BCUT2D eigenvalue weighted by molar-refractivity contribution is -0.424. The number of carbonyl (C=O) groups is 1. The summed E-state index contributed by atoms with van der Waals surface area (Å²) in [7, 11) is 0. The van der Waals surface area contributed by atoms with Crippen LogP contribution in [0.5, 0.6) is 23.0 Å². The summed E-state index contributed by atoms with van der Waals surface area (Å²) in [5.74, 6) is -2.31. The van der Waals surface area contributed by atoms with Crippen molar-refractivity contribution in [2.24, 2.45) is 0 Å². The summed E-state index contributed by atoms with van der Waals surface area (Å²) in [6.45, 7) is 0. The number of fused-ring (bicyclic) bond motifs is 6. The first-order valence-electron chi connectivity index (χ1n) is 8.79. The van der Waals surface area contributed by atoms with Crippen LogP contribution in [0.25, 0.3) is 0 Å². The van der Waals surface area contributed by atoms with Gasteiger partial charge in [0.1, 0.15) is 22.8 Å². The second-order valence-electron chi connectivity index (χ2n) is 6.88. The third-order valence-corrected chi connectivity index (χ3v) is 5.27. The molecule has 2 heterocycles.